The second-order valence-electron chi connectivity index (χ2n) is 7.29. The number of hydrogen-bond acceptors (Lipinski definition) is 13. The van der Waals surface area contributed by atoms with E-state index in [2.05, 4.69) is 10.8 Å². The molecule has 0 unspecified atom stereocenters. The zero-order valence-corrected chi connectivity index (χ0v) is 17.0. The lowest BCUT2D eigenvalue weighted by Gasteiger charge is -2.38. The maximum Gasteiger partial charge on any atom is 0.186 e. The topological polar surface area (TPSA) is 192 Å². The predicted octanol–water partition coefficient (Wildman–Crippen LogP) is -4.26. The smallest absolute Gasteiger partial charge is 0.186 e. The summed E-state index contributed by atoms with van der Waals surface area (Å²) in [6, 6.07) is 0. The van der Waals surface area contributed by atoms with Crippen molar-refractivity contribution in [1.29, 1.82) is 0 Å². The fourth-order valence-electron chi connectivity index (χ4n) is 3.01. The molecule has 2 aliphatic heterocycles. The number of rotatable bonds is 11. The predicted molar refractivity (Wildman–Crippen MR) is 98.6 cm³/mol. The summed E-state index contributed by atoms with van der Waals surface area (Å²) >= 11 is 0. The van der Waals surface area contributed by atoms with E-state index < -0.39 is 61.4 Å². The van der Waals surface area contributed by atoms with Crippen LogP contribution in [0.5, 0.6) is 0 Å². The summed E-state index contributed by atoms with van der Waals surface area (Å²) in [5, 5.41) is 61.2. The first-order chi connectivity index (χ1) is 14.2. The fourth-order valence-corrected chi connectivity index (χ4v) is 3.01. The molecule has 0 bridgehead atoms. The standard InChI is InChI=1S/C17H34N2O11/c1-8-10(20)12(22)14(24)16(29-8)26-5-3-18-7-28-19-4-6-27-17-15(25)13(23)11(21)9(2)30-17/h8-25H,3-7H2,1-2H3/t8-,9-,10+,11+,12+,13+,14-,15-,16+,17+/m0/s1. The number of aliphatic hydroxyl groups is 6. The van der Waals surface area contributed by atoms with Gasteiger partial charge in [0.15, 0.2) is 12.6 Å². The minimum atomic E-state index is -1.35. The molecule has 13 nitrogen and oxygen atoms in total. The van der Waals surface area contributed by atoms with Crippen LogP contribution in [0.3, 0.4) is 0 Å². The first-order valence-corrected chi connectivity index (χ1v) is 9.92. The highest BCUT2D eigenvalue weighted by atomic mass is 16.7. The molecule has 2 rings (SSSR count). The Morgan fingerprint density at radius 3 is 1.63 bits per heavy atom. The Morgan fingerprint density at radius 1 is 0.667 bits per heavy atom. The largest absolute Gasteiger partial charge is 0.388 e. The molecule has 2 saturated heterocycles. The lowest BCUT2D eigenvalue weighted by Crippen LogP contribution is -2.57. The Hall–Kier alpha value is -0.520. The third kappa shape index (κ3) is 7.00. The van der Waals surface area contributed by atoms with E-state index in [9.17, 15) is 30.6 Å². The van der Waals surface area contributed by atoms with Crippen LogP contribution in [0.4, 0.5) is 0 Å². The highest BCUT2D eigenvalue weighted by Gasteiger charge is 2.43. The Labute approximate surface area is 174 Å². The molecule has 30 heavy (non-hydrogen) atoms. The molecule has 2 fully saturated rings. The van der Waals surface area contributed by atoms with E-state index in [1.807, 2.05) is 0 Å². The van der Waals surface area contributed by atoms with Crippen LogP contribution in [0, 0.1) is 0 Å². The molecule has 0 aliphatic carbocycles. The summed E-state index contributed by atoms with van der Waals surface area (Å²) < 4.78 is 21.3. The van der Waals surface area contributed by atoms with Crippen molar-refractivity contribution in [3.8, 4) is 0 Å². The maximum atomic E-state index is 9.82. The number of ether oxygens (including phenoxy) is 4. The van der Waals surface area contributed by atoms with Gasteiger partial charge in [-0.3, -0.25) is 10.2 Å². The molecule has 13 heteroatoms. The van der Waals surface area contributed by atoms with Crippen molar-refractivity contribution >= 4 is 0 Å². The zero-order valence-electron chi connectivity index (χ0n) is 17.0. The highest BCUT2D eigenvalue weighted by molar-refractivity contribution is 4.88. The number of aliphatic hydroxyl groups excluding tert-OH is 6. The number of hydrogen-bond donors (Lipinski definition) is 8. The van der Waals surface area contributed by atoms with Gasteiger partial charge >= 0.3 is 0 Å². The molecule has 0 radical (unpaired) electrons. The summed E-state index contributed by atoms with van der Waals surface area (Å²) in [4.78, 5) is 5.13. The molecule has 10 atom stereocenters. The molecule has 0 aromatic carbocycles. The van der Waals surface area contributed by atoms with Crippen LogP contribution < -0.4 is 10.8 Å². The number of nitrogens with one attached hydrogen (secondary N) is 2. The van der Waals surface area contributed by atoms with Gasteiger partial charge in [-0.2, -0.15) is 5.48 Å². The SMILES string of the molecule is C[C@@H]1O[C@@H](OCCNCONCCO[C@@H]2O[C@@H](C)[C@@H](O)[C@@H](O)[C@@H]2O)[C@@H](O)[C@H](O)[C@@H]1O. The molecule has 0 spiro atoms. The highest BCUT2D eigenvalue weighted by Crippen LogP contribution is 2.22. The molecule has 0 saturated carbocycles. The van der Waals surface area contributed by atoms with Crippen LogP contribution in [0.25, 0.3) is 0 Å². The quantitative estimate of drug-likeness (QED) is 0.0872. The Kier molecular flexibility index (Phi) is 10.7. The van der Waals surface area contributed by atoms with Crippen molar-refractivity contribution in [2.24, 2.45) is 0 Å². The van der Waals surface area contributed by atoms with Gasteiger partial charge < -0.3 is 49.6 Å². The van der Waals surface area contributed by atoms with E-state index >= 15 is 0 Å². The first-order valence-electron chi connectivity index (χ1n) is 9.92. The van der Waals surface area contributed by atoms with E-state index in [0.717, 1.165) is 0 Å². The van der Waals surface area contributed by atoms with E-state index in [1.165, 1.54) is 0 Å². The van der Waals surface area contributed by atoms with Crippen molar-refractivity contribution in [1.82, 2.24) is 10.8 Å². The molecule has 8 N–H and O–H groups in total. The molecule has 0 aromatic rings. The third-order valence-corrected chi connectivity index (χ3v) is 4.94. The fraction of sp³-hybridized carbons (Fsp3) is 1.00. The molecule has 0 aromatic heterocycles. The van der Waals surface area contributed by atoms with Gasteiger partial charge in [0, 0.05) is 13.1 Å². The molecule has 178 valence electrons. The summed E-state index contributed by atoms with van der Waals surface area (Å²) in [5.41, 5.74) is 2.63. The molecule has 2 aliphatic rings. The summed E-state index contributed by atoms with van der Waals surface area (Å²) in [6.07, 6.45) is -11.1. The van der Waals surface area contributed by atoms with Crippen LogP contribution >= 0.6 is 0 Å². The Morgan fingerprint density at radius 2 is 1.13 bits per heavy atom. The Bertz CT molecular complexity index is 449. The van der Waals surface area contributed by atoms with Gasteiger partial charge in [0.25, 0.3) is 0 Å². The second kappa shape index (κ2) is 12.5. The number of hydroxylamine groups is 1. The zero-order chi connectivity index (χ0) is 22.3. The molecular formula is C17H34N2O11. The van der Waals surface area contributed by atoms with Crippen LogP contribution in [-0.4, -0.2) is 125 Å². The van der Waals surface area contributed by atoms with Gasteiger partial charge in [0.05, 0.1) is 25.4 Å². The maximum absolute atomic E-state index is 9.82. The molecular weight excluding hydrogens is 408 g/mol. The van der Waals surface area contributed by atoms with Crippen LogP contribution in [0.15, 0.2) is 0 Å². The van der Waals surface area contributed by atoms with Gasteiger partial charge in [-0.1, -0.05) is 0 Å². The minimum Gasteiger partial charge on any atom is -0.388 e. The lowest BCUT2D eigenvalue weighted by atomic mass is 10.0. The normalized spacial score (nSPS) is 42.4. The van der Waals surface area contributed by atoms with Gasteiger partial charge in [0.1, 0.15) is 43.4 Å². The molecule has 2 heterocycles. The van der Waals surface area contributed by atoms with Crippen LogP contribution in [0.1, 0.15) is 13.8 Å². The van der Waals surface area contributed by atoms with Crippen molar-refractivity contribution < 1.29 is 54.4 Å². The van der Waals surface area contributed by atoms with E-state index in [1.54, 1.807) is 13.8 Å². The second-order valence-corrected chi connectivity index (χ2v) is 7.29. The minimum absolute atomic E-state index is 0.129. The van der Waals surface area contributed by atoms with Gasteiger partial charge in [-0.05, 0) is 13.8 Å². The monoisotopic (exact) mass is 442 g/mol. The lowest BCUT2D eigenvalue weighted by molar-refractivity contribution is -0.293. The van der Waals surface area contributed by atoms with Gasteiger partial charge in [-0.25, -0.2) is 0 Å². The van der Waals surface area contributed by atoms with Crippen molar-refractivity contribution in [3.63, 3.8) is 0 Å². The van der Waals surface area contributed by atoms with Gasteiger partial charge in [-0.15, -0.1) is 0 Å². The van der Waals surface area contributed by atoms with Crippen molar-refractivity contribution in [2.75, 3.05) is 33.0 Å². The summed E-state index contributed by atoms with van der Waals surface area (Å²) in [7, 11) is 0. The van der Waals surface area contributed by atoms with Crippen LogP contribution in [-0.2, 0) is 23.8 Å². The van der Waals surface area contributed by atoms with Crippen LogP contribution in [0.2, 0.25) is 0 Å². The summed E-state index contributed by atoms with van der Waals surface area (Å²) in [6.45, 7) is 4.23. The Balaban J connectivity index is 1.46. The van der Waals surface area contributed by atoms with Crippen molar-refractivity contribution in [3.05, 3.63) is 0 Å². The summed E-state index contributed by atoms with van der Waals surface area (Å²) in [5.74, 6) is 0. The van der Waals surface area contributed by atoms with E-state index in [-0.39, 0.29) is 26.5 Å². The van der Waals surface area contributed by atoms with E-state index in [0.29, 0.717) is 6.54 Å². The van der Waals surface area contributed by atoms with Crippen molar-refractivity contribution in [2.45, 2.75) is 75.3 Å². The molecule has 0 amide bonds. The average Bonchev–Trinajstić information content (AvgIpc) is 2.73. The van der Waals surface area contributed by atoms with Gasteiger partial charge in [0.2, 0.25) is 0 Å². The average molecular weight is 442 g/mol. The first kappa shape index (κ1) is 25.7. The third-order valence-electron chi connectivity index (χ3n) is 4.94. The van der Waals surface area contributed by atoms with E-state index in [4.69, 9.17) is 23.8 Å².